The molecule has 3 aromatic rings. The van der Waals surface area contributed by atoms with E-state index in [4.69, 9.17) is 9.15 Å². The van der Waals surface area contributed by atoms with Crippen molar-refractivity contribution in [1.29, 1.82) is 0 Å². The molecule has 11 heteroatoms. The number of amides is 1. The van der Waals surface area contributed by atoms with Gasteiger partial charge in [-0.1, -0.05) is 29.8 Å². The Bertz CT molecular complexity index is 1180. The number of carbonyl (C=O) groups excluding carboxylic acids is 1. The molecule has 1 amide bonds. The number of fused-ring (bicyclic) bond motifs is 1. The quantitative estimate of drug-likeness (QED) is 0.368. The summed E-state index contributed by atoms with van der Waals surface area (Å²) < 4.78 is 11.4. The van der Waals surface area contributed by atoms with Crippen LogP contribution in [0.25, 0.3) is 11.2 Å². The van der Waals surface area contributed by atoms with Crippen LogP contribution in [0.3, 0.4) is 0 Å². The zero-order valence-corrected chi connectivity index (χ0v) is 19.1. The maximum atomic E-state index is 12.8. The zero-order valence-electron chi connectivity index (χ0n) is 19.1. The smallest absolute Gasteiger partial charge is 0.307 e. The average Bonchev–Trinajstić information content (AvgIpc) is 3.29. The van der Waals surface area contributed by atoms with Crippen LogP contribution in [0.2, 0.25) is 0 Å². The minimum Gasteiger partial charge on any atom is -0.427 e. The number of piperidine rings is 1. The molecule has 2 aromatic heterocycles. The summed E-state index contributed by atoms with van der Waals surface area (Å²) in [6.45, 7) is 6.24. The van der Waals surface area contributed by atoms with Crippen molar-refractivity contribution in [1.82, 2.24) is 25.6 Å². The van der Waals surface area contributed by atoms with Crippen molar-refractivity contribution >= 4 is 35.1 Å². The van der Waals surface area contributed by atoms with E-state index in [1.807, 2.05) is 36.1 Å². The Morgan fingerprint density at radius 1 is 1.21 bits per heavy atom. The predicted octanol–water partition coefficient (Wildman–Crippen LogP) is 1.69. The monoisotopic (exact) mass is 464 g/mol. The van der Waals surface area contributed by atoms with Crippen LogP contribution >= 0.6 is 0 Å². The topological polar surface area (TPSA) is 130 Å². The fourth-order valence-corrected chi connectivity index (χ4v) is 4.07. The number of rotatable bonds is 6. The van der Waals surface area contributed by atoms with E-state index in [1.54, 1.807) is 6.21 Å². The molecule has 1 aromatic carbocycles. The number of ether oxygens (including phenoxy) is 1. The number of morpholine rings is 1. The highest BCUT2D eigenvalue weighted by molar-refractivity contribution is 5.94. The number of hydrazone groups is 1. The first-order valence-electron chi connectivity index (χ1n) is 11.5. The van der Waals surface area contributed by atoms with Gasteiger partial charge in [-0.15, -0.1) is 0 Å². The second-order valence-corrected chi connectivity index (χ2v) is 8.42. The maximum Gasteiger partial charge on any atom is 0.307 e. The Hall–Kier alpha value is -3.57. The molecular weight excluding hydrogens is 436 g/mol. The molecule has 2 aliphatic rings. The van der Waals surface area contributed by atoms with E-state index >= 15 is 0 Å². The number of benzene rings is 1. The highest BCUT2D eigenvalue weighted by Gasteiger charge is 2.25. The minimum absolute atomic E-state index is 0.0160. The van der Waals surface area contributed by atoms with Crippen LogP contribution in [0.4, 0.5) is 11.8 Å². The third-order valence-electron chi connectivity index (χ3n) is 5.84. The highest BCUT2D eigenvalue weighted by atomic mass is 16.5. The van der Waals surface area contributed by atoms with E-state index in [-0.39, 0.29) is 23.8 Å². The lowest BCUT2D eigenvalue weighted by atomic mass is 10.1. The number of aryl methyl sites for hydroxylation is 1. The first kappa shape index (κ1) is 22.2. The van der Waals surface area contributed by atoms with Gasteiger partial charge in [0.05, 0.1) is 19.4 Å². The molecule has 0 radical (unpaired) electrons. The van der Waals surface area contributed by atoms with Crippen LogP contribution in [-0.2, 0) is 4.74 Å². The zero-order chi connectivity index (χ0) is 23.3. The van der Waals surface area contributed by atoms with Crippen molar-refractivity contribution in [2.24, 2.45) is 5.10 Å². The Kier molecular flexibility index (Phi) is 6.63. The Morgan fingerprint density at radius 3 is 2.82 bits per heavy atom. The summed E-state index contributed by atoms with van der Waals surface area (Å²) in [4.78, 5) is 28.3. The molecule has 11 nitrogen and oxygen atoms in total. The van der Waals surface area contributed by atoms with Gasteiger partial charge < -0.3 is 24.7 Å². The van der Waals surface area contributed by atoms with E-state index < -0.39 is 0 Å². The summed E-state index contributed by atoms with van der Waals surface area (Å²) in [7, 11) is 0. The lowest BCUT2D eigenvalue weighted by Gasteiger charge is -2.27. The molecule has 5 rings (SSSR count). The largest absolute Gasteiger partial charge is 0.427 e. The molecule has 0 aliphatic carbocycles. The van der Waals surface area contributed by atoms with Gasteiger partial charge in [-0.05, 0) is 38.4 Å². The fraction of sp³-hybridized carbons (Fsp3) is 0.435. The third-order valence-corrected chi connectivity index (χ3v) is 5.84. The Labute approximate surface area is 197 Å². The highest BCUT2D eigenvalue weighted by Crippen LogP contribution is 2.27. The molecule has 0 atom stereocenters. The predicted molar refractivity (Wildman–Crippen MR) is 128 cm³/mol. The lowest BCUT2D eigenvalue weighted by molar-refractivity contribution is 0.0896. The Morgan fingerprint density at radius 2 is 2.03 bits per heavy atom. The van der Waals surface area contributed by atoms with E-state index in [1.165, 1.54) is 0 Å². The third kappa shape index (κ3) is 5.15. The molecule has 34 heavy (non-hydrogen) atoms. The van der Waals surface area contributed by atoms with Gasteiger partial charge in [-0.25, -0.2) is 5.43 Å². The van der Waals surface area contributed by atoms with Crippen LogP contribution in [0.1, 0.15) is 34.7 Å². The number of hydrogen-bond donors (Lipinski definition) is 3. The Balaban J connectivity index is 1.41. The van der Waals surface area contributed by atoms with Crippen molar-refractivity contribution in [3.8, 4) is 0 Å². The van der Waals surface area contributed by atoms with Crippen LogP contribution in [0.15, 0.2) is 33.8 Å². The number of nitrogens with one attached hydrogen (secondary N) is 3. The summed E-state index contributed by atoms with van der Waals surface area (Å²) in [5, 5.41) is 10.6. The number of nitrogens with zero attached hydrogens (tertiary/aromatic N) is 5. The van der Waals surface area contributed by atoms with E-state index in [2.05, 4.69) is 36.1 Å². The van der Waals surface area contributed by atoms with Crippen molar-refractivity contribution in [2.45, 2.75) is 25.8 Å². The second kappa shape index (κ2) is 10.1. The number of oxazole rings is 1. The van der Waals surface area contributed by atoms with Crippen molar-refractivity contribution < 1.29 is 13.9 Å². The molecule has 0 spiro atoms. The number of anilines is 2. The molecular formula is C23H28N8O3. The molecule has 0 bridgehead atoms. The maximum absolute atomic E-state index is 12.8. The van der Waals surface area contributed by atoms with Gasteiger partial charge in [-0.2, -0.15) is 20.1 Å². The van der Waals surface area contributed by atoms with Crippen LogP contribution in [0, 0.1) is 6.92 Å². The van der Waals surface area contributed by atoms with Crippen LogP contribution in [-0.4, -0.2) is 72.5 Å². The van der Waals surface area contributed by atoms with E-state index in [9.17, 15) is 4.79 Å². The normalized spacial score (nSPS) is 17.4. The van der Waals surface area contributed by atoms with Crippen molar-refractivity contribution in [2.75, 3.05) is 49.7 Å². The van der Waals surface area contributed by atoms with Gasteiger partial charge >= 0.3 is 5.91 Å². The fourth-order valence-electron chi connectivity index (χ4n) is 4.07. The first-order chi connectivity index (χ1) is 16.7. The molecule has 178 valence electrons. The minimum atomic E-state index is -0.343. The molecule has 0 saturated carbocycles. The summed E-state index contributed by atoms with van der Waals surface area (Å²) in [5.74, 6) is 0.481. The number of hydrogen-bond acceptors (Lipinski definition) is 10. The molecule has 2 saturated heterocycles. The van der Waals surface area contributed by atoms with Gasteiger partial charge in [0.1, 0.15) is 0 Å². The second-order valence-electron chi connectivity index (χ2n) is 8.42. The van der Waals surface area contributed by atoms with Gasteiger partial charge in [0.25, 0.3) is 5.89 Å². The molecule has 2 aliphatic heterocycles. The van der Waals surface area contributed by atoms with Gasteiger partial charge in [-0.3, -0.25) is 4.79 Å². The van der Waals surface area contributed by atoms with Gasteiger partial charge in [0, 0.05) is 19.1 Å². The standard InChI is InChI=1S/C23H28N8O3/c1-15-3-2-4-16(13-15)14-25-30-23-28-19-18(20(29-23)31-9-11-33-12-10-31)34-22(27-19)21(32)26-17-5-7-24-8-6-17/h2-4,13-14,17,24H,5-12H2,1H3,(H,26,32)(H,28,29,30)/b25-14+. The number of aromatic nitrogens is 3. The summed E-state index contributed by atoms with van der Waals surface area (Å²) in [6.07, 6.45) is 3.45. The van der Waals surface area contributed by atoms with Crippen molar-refractivity contribution in [3.05, 3.63) is 41.3 Å². The lowest BCUT2D eigenvalue weighted by Crippen LogP contribution is -2.42. The summed E-state index contributed by atoms with van der Waals surface area (Å²) >= 11 is 0. The van der Waals surface area contributed by atoms with Gasteiger partial charge in [0.2, 0.25) is 17.2 Å². The molecule has 4 heterocycles. The SMILES string of the molecule is Cc1cccc(/C=N/Nc2nc(N3CCOCC3)c3oc(C(=O)NC4CCNCC4)nc3n2)c1. The van der Waals surface area contributed by atoms with Crippen molar-refractivity contribution in [3.63, 3.8) is 0 Å². The summed E-state index contributed by atoms with van der Waals surface area (Å²) in [5.41, 5.74) is 5.68. The van der Waals surface area contributed by atoms with E-state index in [0.29, 0.717) is 43.4 Å². The summed E-state index contributed by atoms with van der Waals surface area (Å²) in [6, 6.07) is 8.09. The average molecular weight is 465 g/mol. The molecule has 3 N–H and O–H groups in total. The van der Waals surface area contributed by atoms with Gasteiger partial charge in [0.15, 0.2) is 5.82 Å². The van der Waals surface area contributed by atoms with Crippen LogP contribution < -0.4 is 21.0 Å². The van der Waals surface area contributed by atoms with Crippen LogP contribution in [0.5, 0.6) is 0 Å². The van der Waals surface area contributed by atoms with E-state index in [0.717, 1.165) is 37.1 Å². The molecule has 0 unspecified atom stereocenters. The first-order valence-corrected chi connectivity index (χ1v) is 11.5. The number of carbonyl (C=O) groups is 1. The molecule has 2 fully saturated rings.